The molecule has 0 N–H and O–H groups in total. The fraction of sp³-hybridized carbons (Fsp3) is 0.316. The lowest BCUT2D eigenvalue weighted by Crippen LogP contribution is -2.64. The van der Waals surface area contributed by atoms with Crippen LogP contribution in [0.1, 0.15) is 24.9 Å². The van der Waals surface area contributed by atoms with Crippen molar-refractivity contribution in [1.29, 1.82) is 0 Å². The number of nitrogens with zero attached hydrogens (tertiary/aromatic N) is 4. The van der Waals surface area contributed by atoms with Crippen LogP contribution in [-0.2, 0) is 0 Å². The van der Waals surface area contributed by atoms with Crippen LogP contribution in [0.2, 0.25) is 0 Å². The van der Waals surface area contributed by atoms with Gasteiger partial charge < -0.3 is 9.64 Å². The zero-order valence-corrected chi connectivity index (χ0v) is 14.6. The molecule has 6 nitrogen and oxygen atoms in total. The third-order valence-electron chi connectivity index (χ3n) is 4.89. The van der Waals surface area contributed by atoms with E-state index in [0.29, 0.717) is 24.3 Å². The van der Waals surface area contributed by atoms with Crippen molar-refractivity contribution in [2.24, 2.45) is 5.10 Å². The molecule has 2 aliphatic heterocycles. The maximum absolute atomic E-state index is 13.5. The number of ether oxygens (including phenoxy) is 1. The van der Waals surface area contributed by atoms with E-state index in [0.717, 1.165) is 6.20 Å². The topological polar surface area (TPSA) is 58.0 Å². The van der Waals surface area contributed by atoms with E-state index in [1.807, 2.05) is 6.92 Å². The summed E-state index contributed by atoms with van der Waals surface area (Å²) in [5.41, 5.74) is 0.605. The maximum Gasteiger partial charge on any atom is 0.341 e. The number of aromatic nitrogens is 1. The fourth-order valence-electron chi connectivity index (χ4n) is 3.27. The van der Waals surface area contributed by atoms with E-state index in [-0.39, 0.29) is 30.0 Å². The van der Waals surface area contributed by atoms with Crippen molar-refractivity contribution in [1.82, 2.24) is 14.9 Å². The van der Waals surface area contributed by atoms with E-state index in [1.54, 1.807) is 29.4 Å². The molecule has 3 heterocycles. The van der Waals surface area contributed by atoms with Gasteiger partial charge in [-0.05, 0) is 42.8 Å². The molecule has 0 aliphatic carbocycles. The Morgan fingerprint density at radius 1 is 1.19 bits per heavy atom. The number of halogens is 2. The largest absolute Gasteiger partial charge is 0.486 e. The smallest absolute Gasteiger partial charge is 0.341 e. The van der Waals surface area contributed by atoms with Crippen LogP contribution in [0.25, 0.3) is 0 Å². The van der Waals surface area contributed by atoms with Crippen molar-refractivity contribution in [2.45, 2.75) is 31.5 Å². The Morgan fingerprint density at radius 2 is 1.96 bits per heavy atom. The fourth-order valence-corrected chi connectivity index (χ4v) is 3.27. The zero-order valence-electron chi connectivity index (χ0n) is 14.6. The molecule has 140 valence electrons. The molecule has 0 saturated carbocycles. The van der Waals surface area contributed by atoms with Gasteiger partial charge in [-0.25, -0.2) is 18.6 Å². The van der Waals surface area contributed by atoms with Gasteiger partial charge in [0.05, 0.1) is 24.8 Å². The van der Waals surface area contributed by atoms with Gasteiger partial charge in [-0.3, -0.25) is 4.98 Å². The van der Waals surface area contributed by atoms with Crippen LogP contribution in [0.4, 0.5) is 13.6 Å². The molecule has 3 atom stereocenters. The summed E-state index contributed by atoms with van der Waals surface area (Å²) in [5.74, 6) is -0.217. The first-order valence-electron chi connectivity index (χ1n) is 8.68. The number of amides is 2. The van der Waals surface area contributed by atoms with Crippen LogP contribution in [0, 0.1) is 11.6 Å². The van der Waals surface area contributed by atoms with Gasteiger partial charge in [0.1, 0.15) is 23.5 Å². The summed E-state index contributed by atoms with van der Waals surface area (Å²) < 4.78 is 32.3. The van der Waals surface area contributed by atoms with Gasteiger partial charge in [0, 0.05) is 18.8 Å². The Kier molecular flexibility index (Phi) is 4.47. The predicted molar refractivity (Wildman–Crippen MR) is 94.3 cm³/mol. The molecule has 1 aromatic carbocycles. The molecular weight excluding hydrogens is 354 g/mol. The molecule has 8 heteroatoms. The number of pyridine rings is 1. The van der Waals surface area contributed by atoms with Crippen molar-refractivity contribution < 1.29 is 18.3 Å². The number of likely N-dealkylation sites (tertiary alicyclic amines) is 1. The van der Waals surface area contributed by atoms with Gasteiger partial charge in [0.15, 0.2) is 0 Å². The quantitative estimate of drug-likeness (QED) is 0.830. The number of carbonyl (C=O) groups is 1. The van der Waals surface area contributed by atoms with E-state index in [2.05, 4.69) is 10.1 Å². The minimum Gasteiger partial charge on any atom is -0.486 e. The molecule has 2 amide bonds. The third-order valence-corrected chi connectivity index (χ3v) is 4.89. The molecular formula is C19H18F2N4O2. The van der Waals surface area contributed by atoms with Crippen molar-refractivity contribution in [2.75, 3.05) is 6.54 Å². The van der Waals surface area contributed by atoms with Gasteiger partial charge in [-0.1, -0.05) is 0 Å². The number of urea groups is 1. The Labute approximate surface area is 155 Å². The van der Waals surface area contributed by atoms with Gasteiger partial charge in [0.2, 0.25) is 0 Å². The van der Waals surface area contributed by atoms with E-state index in [4.69, 9.17) is 4.74 Å². The molecule has 1 unspecified atom stereocenters. The number of benzene rings is 1. The lowest BCUT2D eigenvalue weighted by molar-refractivity contribution is -0.0197. The monoisotopic (exact) mass is 372 g/mol. The van der Waals surface area contributed by atoms with Gasteiger partial charge in [-0.2, -0.15) is 5.10 Å². The first kappa shape index (κ1) is 17.4. The van der Waals surface area contributed by atoms with Crippen molar-refractivity contribution in [3.05, 3.63) is 59.9 Å². The summed E-state index contributed by atoms with van der Waals surface area (Å²) in [6.07, 6.45) is 4.64. The second-order valence-corrected chi connectivity index (χ2v) is 6.62. The number of rotatable bonds is 3. The standard InChI is InChI=1S/C19H18F2N4O2/c1-12-18(27-16-4-2-14(20)3-5-16)11-24(12)19(26)25-17(6-7-23-25)13-8-15(21)10-22-9-13/h2-5,7-10,12,17-18H,6,11H2,1H3/t12-,17?,18-/m0/s1. The molecule has 1 saturated heterocycles. The molecule has 2 aliphatic rings. The molecule has 4 rings (SSSR count). The molecule has 0 radical (unpaired) electrons. The molecule has 27 heavy (non-hydrogen) atoms. The Morgan fingerprint density at radius 3 is 2.67 bits per heavy atom. The first-order valence-corrected chi connectivity index (χ1v) is 8.68. The second-order valence-electron chi connectivity index (χ2n) is 6.62. The average molecular weight is 372 g/mol. The van der Waals surface area contributed by atoms with E-state index in [9.17, 15) is 13.6 Å². The summed E-state index contributed by atoms with van der Waals surface area (Å²) in [7, 11) is 0. The van der Waals surface area contributed by atoms with Gasteiger partial charge >= 0.3 is 6.03 Å². The van der Waals surface area contributed by atoms with E-state index >= 15 is 0 Å². The predicted octanol–water partition coefficient (Wildman–Crippen LogP) is 3.36. The molecule has 0 spiro atoms. The van der Waals surface area contributed by atoms with Gasteiger partial charge in [0.25, 0.3) is 0 Å². The molecule has 2 aromatic rings. The summed E-state index contributed by atoms with van der Waals surface area (Å²) in [6.45, 7) is 2.28. The average Bonchev–Trinajstić information content (AvgIpc) is 3.15. The Hall–Kier alpha value is -3.03. The van der Waals surface area contributed by atoms with Gasteiger partial charge in [-0.15, -0.1) is 0 Å². The van der Waals surface area contributed by atoms with Crippen LogP contribution in [0.5, 0.6) is 5.75 Å². The lowest BCUT2D eigenvalue weighted by Gasteiger charge is -2.46. The number of hydrogen-bond donors (Lipinski definition) is 0. The normalized spacial score (nSPS) is 24.0. The summed E-state index contributed by atoms with van der Waals surface area (Å²) in [6, 6.07) is 6.36. The summed E-state index contributed by atoms with van der Waals surface area (Å²) >= 11 is 0. The zero-order chi connectivity index (χ0) is 19.0. The molecule has 1 fully saturated rings. The van der Waals surface area contributed by atoms with Crippen molar-refractivity contribution in [3.8, 4) is 5.75 Å². The maximum atomic E-state index is 13.5. The Balaban J connectivity index is 1.41. The van der Waals surface area contributed by atoms with Crippen LogP contribution in [0.15, 0.2) is 47.8 Å². The Bertz CT molecular complexity index is 874. The highest BCUT2D eigenvalue weighted by molar-refractivity contribution is 5.79. The van der Waals surface area contributed by atoms with Crippen LogP contribution < -0.4 is 4.74 Å². The van der Waals surface area contributed by atoms with Crippen molar-refractivity contribution >= 4 is 12.2 Å². The number of carbonyl (C=O) groups excluding carboxylic acids is 1. The number of hydrogen-bond acceptors (Lipinski definition) is 4. The summed E-state index contributed by atoms with van der Waals surface area (Å²) in [4.78, 5) is 18.4. The highest BCUT2D eigenvalue weighted by Gasteiger charge is 2.44. The first-order chi connectivity index (χ1) is 13.0. The molecule has 1 aromatic heterocycles. The van der Waals surface area contributed by atoms with Crippen LogP contribution >= 0.6 is 0 Å². The SMILES string of the molecule is C[C@H]1[C@@H](Oc2ccc(F)cc2)CN1C(=O)N1N=CCC1c1cncc(F)c1. The van der Waals surface area contributed by atoms with E-state index < -0.39 is 5.82 Å². The highest BCUT2D eigenvalue weighted by atomic mass is 19.1. The van der Waals surface area contributed by atoms with Crippen LogP contribution in [-0.4, -0.2) is 45.8 Å². The minimum absolute atomic E-state index is 0.162. The third kappa shape index (κ3) is 3.34. The highest BCUT2D eigenvalue weighted by Crippen LogP contribution is 2.32. The second kappa shape index (κ2) is 6.94. The van der Waals surface area contributed by atoms with E-state index in [1.165, 1.54) is 23.2 Å². The molecule has 0 bridgehead atoms. The van der Waals surface area contributed by atoms with Crippen molar-refractivity contribution in [3.63, 3.8) is 0 Å². The lowest BCUT2D eigenvalue weighted by atomic mass is 10.0. The number of hydrazone groups is 1. The minimum atomic E-state index is -0.447. The summed E-state index contributed by atoms with van der Waals surface area (Å²) in [5, 5.41) is 5.53. The van der Waals surface area contributed by atoms with Crippen LogP contribution in [0.3, 0.4) is 0 Å².